The normalized spacial score (nSPS) is 16.7. The van der Waals surface area contributed by atoms with E-state index in [-0.39, 0.29) is 29.9 Å². The van der Waals surface area contributed by atoms with Crippen molar-refractivity contribution < 1.29 is 23.9 Å². The van der Waals surface area contributed by atoms with E-state index in [1.165, 1.54) is 21.1 Å². The molecule has 0 aromatic heterocycles. The van der Waals surface area contributed by atoms with Crippen molar-refractivity contribution in [2.75, 3.05) is 27.3 Å². The number of carbonyl (C=O) groups excluding carboxylic acids is 3. The summed E-state index contributed by atoms with van der Waals surface area (Å²) in [5.74, 6) is 0.764. The summed E-state index contributed by atoms with van der Waals surface area (Å²) in [4.78, 5) is 37.7. The molecule has 1 aliphatic rings. The second-order valence-corrected chi connectivity index (χ2v) is 6.95. The second-order valence-electron chi connectivity index (χ2n) is 6.95. The molecule has 2 rings (SSSR count). The third kappa shape index (κ3) is 5.45. The Morgan fingerprint density at radius 2 is 1.85 bits per heavy atom. The first kappa shape index (κ1) is 20.7. The highest BCUT2D eigenvalue weighted by Gasteiger charge is 2.25. The smallest absolute Gasteiger partial charge is 0.227 e. The van der Waals surface area contributed by atoms with E-state index >= 15 is 0 Å². The van der Waals surface area contributed by atoms with Gasteiger partial charge in [-0.25, -0.2) is 0 Å². The van der Waals surface area contributed by atoms with Gasteiger partial charge in [0.2, 0.25) is 11.8 Å². The van der Waals surface area contributed by atoms with Crippen LogP contribution in [-0.4, -0.2) is 49.8 Å². The summed E-state index contributed by atoms with van der Waals surface area (Å²) in [6, 6.07) is 3.32. The van der Waals surface area contributed by atoms with Crippen LogP contribution in [-0.2, 0) is 16.0 Å². The number of amides is 2. The number of likely N-dealkylation sites (tertiary alicyclic amines) is 1. The lowest BCUT2D eigenvalue weighted by Crippen LogP contribution is -2.41. The van der Waals surface area contributed by atoms with Gasteiger partial charge in [-0.3, -0.25) is 14.4 Å². The highest BCUT2D eigenvalue weighted by molar-refractivity contribution is 5.97. The van der Waals surface area contributed by atoms with Gasteiger partial charge in [-0.05, 0) is 49.8 Å². The number of nitrogens with zero attached hydrogens (tertiary/aromatic N) is 1. The predicted octanol–water partition coefficient (Wildman–Crippen LogP) is 1.95. The van der Waals surface area contributed by atoms with Crippen molar-refractivity contribution >= 4 is 17.6 Å². The molecule has 1 aliphatic heterocycles. The zero-order valence-corrected chi connectivity index (χ0v) is 16.2. The monoisotopic (exact) mass is 376 g/mol. The molecule has 1 fully saturated rings. The van der Waals surface area contributed by atoms with Crippen LogP contribution in [0.4, 0.5) is 0 Å². The minimum absolute atomic E-state index is 0.0338. The summed E-state index contributed by atoms with van der Waals surface area (Å²) in [5, 5.41) is 0. The van der Waals surface area contributed by atoms with E-state index in [4.69, 9.17) is 15.2 Å². The fraction of sp³-hybridized carbons (Fsp3) is 0.550. The first-order valence-electron chi connectivity index (χ1n) is 9.17. The molecule has 1 heterocycles. The van der Waals surface area contributed by atoms with Crippen LogP contribution in [0.25, 0.3) is 0 Å². The average molecular weight is 376 g/mol. The average Bonchev–Trinajstić information content (AvgIpc) is 2.65. The Balaban J connectivity index is 2.14. The summed E-state index contributed by atoms with van der Waals surface area (Å²) < 4.78 is 10.6. The quantitative estimate of drug-likeness (QED) is 0.699. The molecular formula is C20H28N2O5. The third-order valence-corrected chi connectivity index (χ3v) is 5.00. The Morgan fingerprint density at radius 3 is 2.44 bits per heavy atom. The summed E-state index contributed by atoms with van der Waals surface area (Å²) in [5.41, 5.74) is 6.32. The Morgan fingerprint density at radius 1 is 1.19 bits per heavy atom. The molecule has 0 aliphatic carbocycles. The number of carbonyl (C=O) groups is 3. The van der Waals surface area contributed by atoms with Gasteiger partial charge in [0.25, 0.3) is 0 Å². The highest BCUT2D eigenvalue weighted by atomic mass is 16.5. The molecule has 1 atom stereocenters. The number of rotatable bonds is 8. The number of hydrogen-bond acceptors (Lipinski definition) is 5. The predicted molar refractivity (Wildman–Crippen MR) is 101 cm³/mol. The van der Waals surface area contributed by atoms with Gasteiger partial charge in [0.05, 0.1) is 20.6 Å². The van der Waals surface area contributed by atoms with Gasteiger partial charge in [-0.15, -0.1) is 0 Å². The molecule has 7 nitrogen and oxygen atoms in total. The summed E-state index contributed by atoms with van der Waals surface area (Å²) in [6.07, 6.45) is 3.07. The number of nitrogens with two attached hydrogens (primary N) is 1. The molecule has 27 heavy (non-hydrogen) atoms. The number of Topliss-reactive ketones (excluding diaryl/α,β-unsaturated/α-hetero) is 1. The fourth-order valence-electron chi connectivity index (χ4n) is 3.54. The molecule has 0 radical (unpaired) electrons. The summed E-state index contributed by atoms with van der Waals surface area (Å²) >= 11 is 0. The second kappa shape index (κ2) is 9.39. The van der Waals surface area contributed by atoms with Crippen LogP contribution in [0.1, 0.15) is 48.5 Å². The molecule has 1 aromatic carbocycles. The maximum atomic E-state index is 12.8. The lowest BCUT2D eigenvalue weighted by molar-refractivity contribution is -0.132. The number of primary amides is 1. The van der Waals surface area contributed by atoms with Gasteiger partial charge < -0.3 is 20.1 Å². The van der Waals surface area contributed by atoms with Crippen molar-refractivity contribution in [1.82, 2.24) is 4.90 Å². The van der Waals surface area contributed by atoms with E-state index < -0.39 is 0 Å². The van der Waals surface area contributed by atoms with E-state index in [0.29, 0.717) is 48.6 Å². The molecular weight excluding hydrogens is 348 g/mol. The van der Waals surface area contributed by atoms with Gasteiger partial charge in [0.15, 0.2) is 17.3 Å². The van der Waals surface area contributed by atoms with Gasteiger partial charge in [0, 0.05) is 25.1 Å². The van der Waals surface area contributed by atoms with Crippen LogP contribution < -0.4 is 15.2 Å². The SMILES string of the molecule is COc1cc(CC(=O)N2CCC[C@H](CCC(N)=O)C2)c(C(C)=O)cc1OC. The van der Waals surface area contributed by atoms with Crippen molar-refractivity contribution in [1.29, 1.82) is 0 Å². The molecule has 0 bridgehead atoms. The molecule has 2 N–H and O–H groups in total. The molecule has 1 aromatic rings. The van der Waals surface area contributed by atoms with E-state index in [2.05, 4.69) is 0 Å². The topological polar surface area (TPSA) is 98.9 Å². The molecule has 2 amide bonds. The Bertz CT molecular complexity index is 717. The van der Waals surface area contributed by atoms with Crippen LogP contribution >= 0.6 is 0 Å². The van der Waals surface area contributed by atoms with Gasteiger partial charge >= 0.3 is 0 Å². The zero-order chi connectivity index (χ0) is 20.0. The number of ether oxygens (including phenoxy) is 2. The maximum Gasteiger partial charge on any atom is 0.227 e. The van der Waals surface area contributed by atoms with Crippen LogP contribution in [0.3, 0.4) is 0 Å². The minimum Gasteiger partial charge on any atom is -0.493 e. The number of benzene rings is 1. The van der Waals surface area contributed by atoms with Crippen LogP contribution in [0.5, 0.6) is 11.5 Å². The van der Waals surface area contributed by atoms with Crippen molar-refractivity contribution in [3.05, 3.63) is 23.3 Å². The highest BCUT2D eigenvalue weighted by Crippen LogP contribution is 2.31. The first-order chi connectivity index (χ1) is 12.8. The number of methoxy groups -OCH3 is 2. The van der Waals surface area contributed by atoms with E-state index in [1.54, 1.807) is 12.1 Å². The number of piperidine rings is 1. The number of hydrogen-bond donors (Lipinski definition) is 1. The maximum absolute atomic E-state index is 12.8. The Kier molecular flexibility index (Phi) is 7.21. The standard InChI is InChI=1S/C20H28N2O5/c1-13(23)16-11-18(27-3)17(26-2)9-15(16)10-20(25)22-8-4-5-14(12-22)6-7-19(21)24/h9,11,14H,4-8,10,12H2,1-3H3,(H2,21,24)/t14-/m1/s1. The summed E-state index contributed by atoms with van der Waals surface area (Å²) in [6.45, 7) is 2.78. The molecule has 0 unspecified atom stereocenters. The van der Waals surface area contributed by atoms with Crippen LogP contribution in [0.2, 0.25) is 0 Å². The molecule has 148 valence electrons. The van der Waals surface area contributed by atoms with E-state index in [9.17, 15) is 14.4 Å². The van der Waals surface area contributed by atoms with Gasteiger partial charge in [0.1, 0.15) is 0 Å². The lowest BCUT2D eigenvalue weighted by atomic mass is 9.92. The van der Waals surface area contributed by atoms with E-state index in [1.807, 2.05) is 4.90 Å². The van der Waals surface area contributed by atoms with Crippen LogP contribution in [0, 0.1) is 5.92 Å². The van der Waals surface area contributed by atoms with Crippen molar-refractivity contribution in [3.63, 3.8) is 0 Å². The first-order valence-corrected chi connectivity index (χ1v) is 9.17. The molecule has 7 heteroatoms. The van der Waals surface area contributed by atoms with Gasteiger partial charge in [-0.1, -0.05) is 0 Å². The van der Waals surface area contributed by atoms with Gasteiger partial charge in [-0.2, -0.15) is 0 Å². The molecule has 0 spiro atoms. The molecule has 1 saturated heterocycles. The van der Waals surface area contributed by atoms with E-state index in [0.717, 1.165) is 12.8 Å². The fourth-order valence-corrected chi connectivity index (χ4v) is 3.54. The third-order valence-electron chi connectivity index (χ3n) is 5.00. The number of ketones is 1. The Labute approximate surface area is 159 Å². The Hall–Kier alpha value is -2.57. The zero-order valence-electron chi connectivity index (χ0n) is 16.2. The van der Waals surface area contributed by atoms with Crippen molar-refractivity contribution in [3.8, 4) is 11.5 Å². The van der Waals surface area contributed by atoms with Crippen molar-refractivity contribution in [2.24, 2.45) is 11.7 Å². The van der Waals surface area contributed by atoms with Crippen LogP contribution in [0.15, 0.2) is 12.1 Å². The summed E-state index contributed by atoms with van der Waals surface area (Å²) in [7, 11) is 3.03. The lowest BCUT2D eigenvalue weighted by Gasteiger charge is -2.33. The largest absolute Gasteiger partial charge is 0.493 e. The van der Waals surface area contributed by atoms with Crippen molar-refractivity contribution in [2.45, 2.75) is 39.0 Å². The molecule has 0 saturated carbocycles. The minimum atomic E-state index is -0.310.